The summed E-state index contributed by atoms with van der Waals surface area (Å²) in [4.78, 5) is 0. The molecule has 0 aliphatic carbocycles. The standard InChI is InChI=1S/C13H12F2N2S2/c14-11(15)7-4-8-18-13-17-16-12(19-13)9-10-5-2-1-3-6-10/h1-3,5-7H,4,8-9H2. The van der Waals surface area contributed by atoms with E-state index >= 15 is 0 Å². The molecule has 0 saturated heterocycles. The minimum absolute atomic E-state index is 0.348. The molecular weight excluding hydrogens is 286 g/mol. The van der Waals surface area contributed by atoms with Crippen molar-refractivity contribution >= 4 is 23.1 Å². The van der Waals surface area contributed by atoms with Crippen LogP contribution in [0, 0.1) is 0 Å². The Balaban J connectivity index is 1.84. The number of hydrogen-bond donors (Lipinski definition) is 0. The molecule has 0 aliphatic rings. The summed E-state index contributed by atoms with van der Waals surface area (Å²) < 4.78 is 24.5. The predicted octanol–water partition coefficient (Wildman–Crippen LogP) is 4.39. The van der Waals surface area contributed by atoms with Gasteiger partial charge in [0.2, 0.25) is 0 Å². The maximum absolute atomic E-state index is 11.8. The minimum atomic E-state index is -1.62. The molecule has 1 heterocycles. The number of benzene rings is 1. The molecule has 0 saturated carbocycles. The second-order valence-corrected chi connectivity index (χ2v) is 6.16. The zero-order valence-electron chi connectivity index (χ0n) is 10.1. The van der Waals surface area contributed by atoms with Gasteiger partial charge in [0.1, 0.15) is 5.01 Å². The molecule has 1 aromatic heterocycles. The van der Waals surface area contributed by atoms with E-state index in [0.717, 1.165) is 21.8 Å². The van der Waals surface area contributed by atoms with Gasteiger partial charge in [-0.15, -0.1) is 10.2 Å². The van der Waals surface area contributed by atoms with Gasteiger partial charge < -0.3 is 0 Å². The van der Waals surface area contributed by atoms with Crippen LogP contribution in [0.15, 0.2) is 46.8 Å². The highest BCUT2D eigenvalue weighted by Crippen LogP contribution is 2.24. The highest BCUT2D eigenvalue weighted by Gasteiger charge is 2.05. The van der Waals surface area contributed by atoms with Crippen LogP contribution in [0.3, 0.4) is 0 Å². The van der Waals surface area contributed by atoms with E-state index in [0.29, 0.717) is 12.2 Å². The molecule has 1 aromatic carbocycles. The number of nitrogens with zero attached hydrogens (tertiary/aromatic N) is 2. The molecule has 2 nitrogen and oxygen atoms in total. The first kappa shape index (κ1) is 14.1. The minimum Gasteiger partial charge on any atom is -0.174 e. The van der Waals surface area contributed by atoms with Crippen molar-refractivity contribution in [2.75, 3.05) is 5.75 Å². The van der Waals surface area contributed by atoms with E-state index in [4.69, 9.17) is 0 Å². The summed E-state index contributed by atoms with van der Waals surface area (Å²) in [5.74, 6) is 0.595. The Morgan fingerprint density at radius 1 is 1.21 bits per heavy atom. The number of thioether (sulfide) groups is 1. The lowest BCUT2D eigenvalue weighted by Crippen LogP contribution is -1.85. The van der Waals surface area contributed by atoms with Crippen LogP contribution in [0.25, 0.3) is 0 Å². The maximum atomic E-state index is 11.8. The predicted molar refractivity (Wildman–Crippen MR) is 74.8 cm³/mol. The van der Waals surface area contributed by atoms with Crippen molar-refractivity contribution in [2.45, 2.75) is 17.2 Å². The number of halogens is 2. The van der Waals surface area contributed by atoms with Crippen LogP contribution in [0.5, 0.6) is 0 Å². The van der Waals surface area contributed by atoms with Gasteiger partial charge in [-0.3, -0.25) is 0 Å². The van der Waals surface area contributed by atoms with Crippen LogP contribution in [-0.2, 0) is 6.42 Å². The first-order chi connectivity index (χ1) is 9.24. The van der Waals surface area contributed by atoms with Crippen LogP contribution in [0.4, 0.5) is 8.78 Å². The van der Waals surface area contributed by atoms with Crippen molar-refractivity contribution in [3.8, 4) is 0 Å². The van der Waals surface area contributed by atoms with E-state index < -0.39 is 6.08 Å². The monoisotopic (exact) mass is 298 g/mol. The van der Waals surface area contributed by atoms with Crippen LogP contribution in [-0.4, -0.2) is 16.0 Å². The molecule has 6 heteroatoms. The maximum Gasteiger partial charge on any atom is 0.266 e. The Kier molecular flexibility index (Phi) is 5.47. The van der Waals surface area contributed by atoms with Gasteiger partial charge in [0.25, 0.3) is 6.08 Å². The summed E-state index contributed by atoms with van der Waals surface area (Å²) in [6, 6.07) is 10.0. The van der Waals surface area contributed by atoms with Gasteiger partial charge in [-0.25, -0.2) is 0 Å². The number of rotatable bonds is 6. The van der Waals surface area contributed by atoms with Crippen LogP contribution in [0.2, 0.25) is 0 Å². The van der Waals surface area contributed by atoms with Crippen molar-refractivity contribution < 1.29 is 8.78 Å². The zero-order chi connectivity index (χ0) is 13.5. The quantitative estimate of drug-likeness (QED) is 0.584. The fourth-order valence-electron chi connectivity index (χ4n) is 1.45. The third-order valence-corrected chi connectivity index (χ3v) is 4.38. The first-order valence-electron chi connectivity index (χ1n) is 5.74. The van der Waals surface area contributed by atoms with Crippen LogP contribution >= 0.6 is 23.1 Å². The molecule has 0 fully saturated rings. The van der Waals surface area contributed by atoms with Gasteiger partial charge in [-0.05, 0) is 18.1 Å². The first-order valence-corrected chi connectivity index (χ1v) is 7.54. The van der Waals surface area contributed by atoms with Crippen molar-refractivity contribution in [1.29, 1.82) is 0 Å². The molecule has 19 heavy (non-hydrogen) atoms. The highest BCUT2D eigenvalue weighted by molar-refractivity contribution is 8.01. The van der Waals surface area contributed by atoms with Gasteiger partial charge in [-0.2, -0.15) is 8.78 Å². The molecule has 0 bridgehead atoms. The summed E-state index contributed by atoms with van der Waals surface area (Å²) in [6.45, 7) is 0. The molecule has 2 rings (SSSR count). The van der Waals surface area contributed by atoms with Gasteiger partial charge >= 0.3 is 0 Å². The van der Waals surface area contributed by atoms with Crippen LogP contribution in [0.1, 0.15) is 17.0 Å². The molecule has 2 aromatic rings. The lowest BCUT2D eigenvalue weighted by molar-refractivity contribution is 0.418. The van der Waals surface area contributed by atoms with E-state index in [1.165, 1.54) is 28.7 Å². The SMILES string of the molecule is FC(F)=CCCSc1nnc(Cc2ccccc2)s1. The number of aromatic nitrogens is 2. The molecule has 0 N–H and O–H groups in total. The van der Waals surface area contributed by atoms with E-state index in [9.17, 15) is 8.78 Å². The molecule has 0 spiro atoms. The second-order valence-electron chi connectivity index (χ2n) is 3.75. The summed E-state index contributed by atoms with van der Waals surface area (Å²) in [6.07, 6.45) is 0.417. The number of hydrogen-bond acceptors (Lipinski definition) is 4. The molecule has 0 aliphatic heterocycles. The van der Waals surface area contributed by atoms with Crippen molar-refractivity contribution in [3.05, 3.63) is 53.1 Å². The second kappa shape index (κ2) is 7.35. The Labute approximate surface area is 118 Å². The van der Waals surface area contributed by atoms with Crippen molar-refractivity contribution in [1.82, 2.24) is 10.2 Å². The van der Waals surface area contributed by atoms with E-state index in [2.05, 4.69) is 10.2 Å². The lowest BCUT2D eigenvalue weighted by atomic mass is 10.2. The van der Waals surface area contributed by atoms with Gasteiger partial charge in [0.05, 0.1) is 0 Å². The number of allylic oxidation sites excluding steroid dienone is 1. The van der Waals surface area contributed by atoms with Crippen molar-refractivity contribution in [3.63, 3.8) is 0 Å². The summed E-state index contributed by atoms with van der Waals surface area (Å²) in [5, 5.41) is 9.11. The lowest BCUT2D eigenvalue weighted by Gasteiger charge is -1.95. The van der Waals surface area contributed by atoms with E-state index in [1.54, 1.807) is 0 Å². The fraction of sp³-hybridized carbons (Fsp3) is 0.231. The summed E-state index contributed by atoms with van der Waals surface area (Å²) in [5.41, 5.74) is 1.19. The largest absolute Gasteiger partial charge is 0.266 e. The average Bonchev–Trinajstić information content (AvgIpc) is 2.83. The van der Waals surface area contributed by atoms with Crippen molar-refractivity contribution in [2.24, 2.45) is 0 Å². The van der Waals surface area contributed by atoms with E-state index in [-0.39, 0.29) is 0 Å². The Morgan fingerprint density at radius 3 is 2.74 bits per heavy atom. The van der Waals surface area contributed by atoms with Crippen LogP contribution < -0.4 is 0 Å². The zero-order valence-corrected chi connectivity index (χ0v) is 11.7. The molecule has 0 unspecified atom stereocenters. The van der Waals surface area contributed by atoms with E-state index in [1.807, 2.05) is 30.3 Å². The molecular formula is C13H12F2N2S2. The normalized spacial score (nSPS) is 10.4. The van der Waals surface area contributed by atoms with Gasteiger partial charge in [-0.1, -0.05) is 53.4 Å². The molecule has 100 valence electrons. The topological polar surface area (TPSA) is 25.8 Å². The summed E-state index contributed by atoms with van der Waals surface area (Å²) >= 11 is 2.98. The highest BCUT2D eigenvalue weighted by atomic mass is 32.2. The molecule has 0 atom stereocenters. The van der Waals surface area contributed by atoms with Gasteiger partial charge in [0, 0.05) is 12.2 Å². The molecule has 0 amide bonds. The third kappa shape index (κ3) is 5.08. The fourth-order valence-corrected chi connectivity index (χ4v) is 3.34. The average molecular weight is 298 g/mol. The smallest absolute Gasteiger partial charge is 0.174 e. The van der Waals surface area contributed by atoms with Gasteiger partial charge in [0.15, 0.2) is 4.34 Å². The Morgan fingerprint density at radius 2 is 2.00 bits per heavy atom. The molecule has 0 radical (unpaired) electrons. The third-order valence-electron chi connectivity index (χ3n) is 2.29. The summed E-state index contributed by atoms with van der Waals surface area (Å²) in [7, 11) is 0. The Hall–Kier alpha value is -1.27. The Bertz CT molecular complexity index is 537.